The molecule has 1 unspecified atom stereocenters. The largest absolute Gasteiger partial charge is 0.369 e. The number of pyridine rings is 1. The van der Waals surface area contributed by atoms with Crippen LogP contribution in [0.1, 0.15) is 39.4 Å². The number of aromatic amines is 1. The molecule has 2 fully saturated rings. The maximum absolute atomic E-state index is 12.1. The Labute approximate surface area is 228 Å². The lowest BCUT2D eigenvalue weighted by Gasteiger charge is -2.36. The highest BCUT2D eigenvalue weighted by Gasteiger charge is 2.28. The molecule has 8 nitrogen and oxygen atoms in total. The summed E-state index contributed by atoms with van der Waals surface area (Å²) in [6, 6.07) is 12.6. The van der Waals surface area contributed by atoms with Gasteiger partial charge in [-0.2, -0.15) is 0 Å². The molecule has 0 radical (unpaired) electrons. The van der Waals surface area contributed by atoms with Crippen molar-refractivity contribution in [3.8, 4) is 22.3 Å². The van der Waals surface area contributed by atoms with E-state index >= 15 is 0 Å². The highest BCUT2D eigenvalue weighted by molar-refractivity contribution is 5.99. The summed E-state index contributed by atoms with van der Waals surface area (Å²) in [7, 11) is 2.16. The molecule has 6 rings (SSSR count). The molecule has 2 aliphatic rings. The summed E-state index contributed by atoms with van der Waals surface area (Å²) < 4.78 is 0. The lowest BCUT2D eigenvalue weighted by Crippen LogP contribution is -2.44. The monoisotopic (exact) mass is 522 g/mol. The summed E-state index contributed by atoms with van der Waals surface area (Å²) in [4.78, 5) is 36.8. The van der Waals surface area contributed by atoms with Crippen LogP contribution in [0, 0.1) is 13.8 Å². The molecule has 200 valence electrons. The Morgan fingerprint density at radius 2 is 1.79 bits per heavy atom. The molecule has 2 saturated heterocycles. The van der Waals surface area contributed by atoms with Crippen LogP contribution >= 0.6 is 0 Å². The second kappa shape index (κ2) is 9.85. The minimum Gasteiger partial charge on any atom is -0.369 e. The van der Waals surface area contributed by atoms with E-state index in [1.54, 1.807) is 6.07 Å². The number of anilines is 1. The summed E-state index contributed by atoms with van der Waals surface area (Å²) in [6.45, 7) is 8.63. The Kier molecular flexibility index (Phi) is 6.35. The Bertz CT molecular complexity index is 1600. The number of rotatable bonds is 5. The molecule has 4 N–H and O–H groups in total. The van der Waals surface area contributed by atoms with Crippen LogP contribution < -0.4 is 16.0 Å². The predicted octanol–water partition coefficient (Wildman–Crippen LogP) is 3.97. The summed E-state index contributed by atoms with van der Waals surface area (Å²) in [6.07, 6.45) is 4.40. The number of aromatic nitrogens is 2. The van der Waals surface area contributed by atoms with Crippen molar-refractivity contribution in [2.75, 3.05) is 44.7 Å². The minimum absolute atomic E-state index is 0.114. The van der Waals surface area contributed by atoms with Crippen molar-refractivity contribution < 1.29 is 9.59 Å². The van der Waals surface area contributed by atoms with Gasteiger partial charge >= 0.3 is 0 Å². The van der Waals surface area contributed by atoms with E-state index in [1.807, 2.05) is 32.3 Å². The van der Waals surface area contributed by atoms with Gasteiger partial charge in [0.15, 0.2) is 0 Å². The van der Waals surface area contributed by atoms with Crippen molar-refractivity contribution in [3.63, 3.8) is 0 Å². The quantitative estimate of drug-likeness (QED) is 0.368. The van der Waals surface area contributed by atoms with Gasteiger partial charge in [-0.05, 0) is 73.0 Å². The number of nitrogens with zero attached hydrogens (tertiary/aromatic N) is 3. The van der Waals surface area contributed by atoms with Crippen LogP contribution in [0.2, 0.25) is 0 Å². The Hall–Kier alpha value is -4.17. The first-order valence-corrected chi connectivity index (χ1v) is 13.5. The van der Waals surface area contributed by atoms with Crippen molar-refractivity contribution in [2.24, 2.45) is 5.73 Å². The average molecular weight is 523 g/mol. The fraction of sp³-hybridized carbons (Fsp3) is 0.323. The fourth-order valence-electron chi connectivity index (χ4n) is 5.98. The van der Waals surface area contributed by atoms with Crippen molar-refractivity contribution in [3.05, 3.63) is 71.0 Å². The summed E-state index contributed by atoms with van der Waals surface area (Å²) >= 11 is 0. The van der Waals surface area contributed by atoms with Gasteiger partial charge in [-0.3, -0.25) is 9.59 Å². The lowest BCUT2D eigenvalue weighted by molar-refractivity contribution is -0.119. The first kappa shape index (κ1) is 25.1. The second-order valence-corrected chi connectivity index (χ2v) is 10.9. The molecule has 0 spiro atoms. The molecule has 0 aliphatic carbocycles. The maximum Gasteiger partial charge on any atom is 0.248 e. The van der Waals surface area contributed by atoms with Crippen LogP contribution in [0.4, 0.5) is 5.69 Å². The van der Waals surface area contributed by atoms with Gasteiger partial charge in [0.25, 0.3) is 0 Å². The number of piperazine rings is 1. The van der Waals surface area contributed by atoms with Gasteiger partial charge in [0, 0.05) is 85.2 Å². The third-order valence-corrected chi connectivity index (χ3v) is 8.50. The van der Waals surface area contributed by atoms with E-state index in [4.69, 9.17) is 10.7 Å². The maximum atomic E-state index is 12.1. The van der Waals surface area contributed by atoms with Crippen LogP contribution in [0.5, 0.6) is 0 Å². The number of primary amides is 1. The standard InChI is InChI=1S/C31H34N6O2/c1-18-19(2)24(30(32)39)6-5-23(18)27-17-35-31-26(27)13-21(15-34-31)20-4-7-28(37-10-8-36(3)9-11-37)25(12-20)22-14-29(38)33-16-22/h4-7,12-13,15,17,22H,8-11,14,16H2,1-3H3,(H2,32,39)(H,33,38)(H,34,35). The van der Waals surface area contributed by atoms with Gasteiger partial charge in [-0.1, -0.05) is 12.1 Å². The third kappa shape index (κ3) is 4.55. The third-order valence-electron chi connectivity index (χ3n) is 8.50. The molecule has 4 heterocycles. The number of benzene rings is 2. The van der Waals surface area contributed by atoms with Gasteiger partial charge in [0.2, 0.25) is 11.8 Å². The number of amides is 2. The number of nitrogens with two attached hydrogens (primary N) is 1. The molecule has 2 amide bonds. The van der Waals surface area contributed by atoms with Gasteiger partial charge < -0.3 is 25.8 Å². The summed E-state index contributed by atoms with van der Waals surface area (Å²) in [5.74, 6) is -0.149. The first-order valence-electron chi connectivity index (χ1n) is 13.5. The molecule has 0 bridgehead atoms. The van der Waals surface area contributed by atoms with E-state index in [1.165, 1.54) is 11.3 Å². The number of hydrogen-bond donors (Lipinski definition) is 3. The summed E-state index contributed by atoms with van der Waals surface area (Å²) in [5.41, 5.74) is 15.5. The lowest BCUT2D eigenvalue weighted by atomic mass is 9.91. The first-order chi connectivity index (χ1) is 18.8. The van der Waals surface area contributed by atoms with Crippen LogP contribution in [0.15, 0.2) is 48.8 Å². The molecule has 2 aliphatic heterocycles. The number of nitrogens with one attached hydrogen (secondary N) is 2. The molecule has 4 aromatic rings. The van der Waals surface area contributed by atoms with Crippen molar-refractivity contribution in [1.82, 2.24) is 20.2 Å². The van der Waals surface area contributed by atoms with Crippen LogP contribution in [0.25, 0.3) is 33.3 Å². The normalized spacial score (nSPS) is 18.1. The van der Waals surface area contributed by atoms with Gasteiger partial charge in [-0.15, -0.1) is 0 Å². The van der Waals surface area contributed by atoms with Crippen molar-refractivity contribution >= 4 is 28.5 Å². The molecule has 8 heteroatoms. The zero-order valence-corrected chi connectivity index (χ0v) is 22.7. The van der Waals surface area contributed by atoms with Gasteiger partial charge in [-0.25, -0.2) is 4.98 Å². The second-order valence-electron chi connectivity index (χ2n) is 10.9. The SMILES string of the molecule is Cc1c(C(N)=O)ccc(-c2c[nH]c3ncc(-c4ccc(N5CCN(C)CC5)c(C5CNC(=O)C5)c4)cc23)c1C. The van der Waals surface area contributed by atoms with E-state index < -0.39 is 5.91 Å². The minimum atomic E-state index is -0.417. The highest BCUT2D eigenvalue weighted by atomic mass is 16.2. The Morgan fingerprint density at radius 1 is 1.00 bits per heavy atom. The molecular formula is C31H34N6O2. The number of hydrogen-bond acceptors (Lipinski definition) is 5. The number of carbonyl (C=O) groups is 2. The van der Waals surface area contributed by atoms with E-state index in [-0.39, 0.29) is 11.8 Å². The fourth-order valence-corrected chi connectivity index (χ4v) is 5.98. The number of fused-ring (bicyclic) bond motifs is 1. The molecule has 2 aromatic carbocycles. The van der Waals surface area contributed by atoms with Crippen molar-refractivity contribution in [2.45, 2.75) is 26.2 Å². The zero-order chi connectivity index (χ0) is 27.3. The molecule has 39 heavy (non-hydrogen) atoms. The van der Waals surface area contributed by atoms with Crippen LogP contribution in [-0.2, 0) is 4.79 Å². The Morgan fingerprint density at radius 3 is 2.51 bits per heavy atom. The van der Waals surface area contributed by atoms with Gasteiger partial charge in [0.1, 0.15) is 5.65 Å². The smallest absolute Gasteiger partial charge is 0.248 e. The average Bonchev–Trinajstić information content (AvgIpc) is 3.56. The Balaban J connectivity index is 1.42. The number of H-pyrrole nitrogens is 1. The van der Waals surface area contributed by atoms with E-state index in [9.17, 15) is 9.59 Å². The van der Waals surface area contributed by atoms with E-state index in [0.29, 0.717) is 18.5 Å². The highest BCUT2D eigenvalue weighted by Crippen LogP contribution is 2.38. The van der Waals surface area contributed by atoms with E-state index in [2.05, 4.69) is 51.4 Å². The summed E-state index contributed by atoms with van der Waals surface area (Å²) in [5, 5.41) is 4.04. The van der Waals surface area contributed by atoms with Crippen molar-refractivity contribution in [1.29, 1.82) is 0 Å². The van der Waals surface area contributed by atoms with Crippen LogP contribution in [-0.4, -0.2) is 66.5 Å². The molecule has 2 aromatic heterocycles. The van der Waals surface area contributed by atoms with Gasteiger partial charge in [0.05, 0.1) is 0 Å². The topological polar surface area (TPSA) is 107 Å². The van der Waals surface area contributed by atoms with E-state index in [0.717, 1.165) is 70.6 Å². The number of likely N-dealkylation sites (N-methyl/N-ethyl adjacent to an activating group) is 1. The van der Waals surface area contributed by atoms with Crippen LogP contribution in [0.3, 0.4) is 0 Å². The predicted molar refractivity (Wildman–Crippen MR) is 155 cm³/mol. The number of carbonyl (C=O) groups excluding carboxylic acids is 2. The zero-order valence-electron chi connectivity index (χ0n) is 22.7. The molecular weight excluding hydrogens is 488 g/mol. The molecule has 0 saturated carbocycles. The molecule has 1 atom stereocenters.